The summed E-state index contributed by atoms with van der Waals surface area (Å²) in [7, 11) is 1.68. The first-order chi connectivity index (χ1) is 12.7. The van der Waals surface area contributed by atoms with Crippen molar-refractivity contribution in [3.63, 3.8) is 0 Å². The topological polar surface area (TPSA) is 63.2 Å². The van der Waals surface area contributed by atoms with E-state index in [-0.39, 0.29) is 12.1 Å². The van der Waals surface area contributed by atoms with Crippen molar-refractivity contribution in [2.45, 2.75) is 25.4 Å². The van der Waals surface area contributed by atoms with Gasteiger partial charge in [0, 0.05) is 18.1 Å². The molecule has 1 atom stereocenters. The molecule has 2 amide bonds. The highest BCUT2D eigenvalue weighted by Crippen LogP contribution is 2.36. The molecule has 0 radical (unpaired) electrons. The number of pyridine rings is 1. The third kappa shape index (κ3) is 3.20. The average Bonchev–Trinajstić information content (AvgIpc) is 3.09. The molecule has 5 heteroatoms. The summed E-state index contributed by atoms with van der Waals surface area (Å²) in [6.07, 6.45) is 3.59. The zero-order valence-corrected chi connectivity index (χ0v) is 14.7. The Morgan fingerprint density at radius 3 is 3.04 bits per heavy atom. The molecular formula is C21H21N3O2. The van der Waals surface area contributed by atoms with Gasteiger partial charge >= 0.3 is 6.03 Å². The van der Waals surface area contributed by atoms with E-state index in [9.17, 15) is 4.79 Å². The van der Waals surface area contributed by atoms with E-state index in [0.717, 1.165) is 40.6 Å². The fraction of sp³-hybridized carbons (Fsp3) is 0.238. The lowest BCUT2D eigenvalue weighted by atomic mass is 10.1. The maximum atomic E-state index is 12.3. The van der Waals surface area contributed by atoms with Gasteiger partial charge in [-0.15, -0.1) is 0 Å². The van der Waals surface area contributed by atoms with Crippen LogP contribution in [0.3, 0.4) is 0 Å². The summed E-state index contributed by atoms with van der Waals surface area (Å²) >= 11 is 0. The van der Waals surface area contributed by atoms with Crippen LogP contribution in [0.1, 0.15) is 29.2 Å². The van der Waals surface area contributed by atoms with Gasteiger partial charge in [0.05, 0.1) is 18.7 Å². The van der Waals surface area contributed by atoms with Gasteiger partial charge in [-0.1, -0.05) is 24.3 Å². The molecule has 26 heavy (non-hydrogen) atoms. The molecule has 0 aliphatic heterocycles. The highest BCUT2D eigenvalue weighted by atomic mass is 16.5. The molecule has 2 N–H and O–H groups in total. The van der Waals surface area contributed by atoms with Crippen LogP contribution >= 0.6 is 0 Å². The molecule has 1 aliphatic rings. The quantitative estimate of drug-likeness (QED) is 0.756. The van der Waals surface area contributed by atoms with Gasteiger partial charge in [-0.25, -0.2) is 4.79 Å². The van der Waals surface area contributed by atoms with E-state index < -0.39 is 0 Å². The molecule has 5 nitrogen and oxygen atoms in total. The fourth-order valence-electron chi connectivity index (χ4n) is 3.59. The SMILES string of the molecule is COc1cccc2c1CCC2NC(=O)NCc1ccc2ncccc2c1. The molecule has 1 aliphatic carbocycles. The number of methoxy groups -OCH3 is 1. The molecule has 1 heterocycles. The molecule has 4 rings (SSSR count). The van der Waals surface area contributed by atoms with Crippen molar-refractivity contribution in [3.05, 3.63) is 71.4 Å². The van der Waals surface area contributed by atoms with Gasteiger partial charge in [-0.3, -0.25) is 4.98 Å². The van der Waals surface area contributed by atoms with Gasteiger partial charge in [0.25, 0.3) is 0 Å². The van der Waals surface area contributed by atoms with Crippen molar-refractivity contribution in [3.8, 4) is 5.75 Å². The third-order valence-corrected chi connectivity index (χ3v) is 4.87. The number of carbonyl (C=O) groups is 1. The standard InChI is InChI=1S/C21H21N3O2/c1-26-20-6-2-5-16-17(20)8-10-19(16)24-21(25)23-13-14-7-9-18-15(12-14)4-3-11-22-18/h2-7,9,11-12,19H,8,10,13H2,1H3,(H2,23,24,25). The van der Waals surface area contributed by atoms with Crippen molar-refractivity contribution >= 4 is 16.9 Å². The molecule has 0 bridgehead atoms. The summed E-state index contributed by atoms with van der Waals surface area (Å²) in [6.45, 7) is 0.481. The maximum absolute atomic E-state index is 12.3. The van der Waals surface area contributed by atoms with Crippen LogP contribution in [0.2, 0.25) is 0 Å². The molecule has 2 aromatic carbocycles. The van der Waals surface area contributed by atoms with E-state index >= 15 is 0 Å². The Morgan fingerprint density at radius 1 is 1.23 bits per heavy atom. The number of carbonyl (C=O) groups excluding carboxylic acids is 1. The van der Waals surface area contributed by atoms with Crippen molar-refractivity contribution < 1.29 is 9.53 Å². The average molecular weight is 347 g/mol. The lowest BCUT2D eigenvalue weighted by Gasteiger charge is -2.15. The number of nitrogens with one attached hydrogen (secondary N) is 2. The van der Waals surface area contributed by atoms with E-state index in [1.807, 2.05) is 36.4 Å². The molecular weight excluding hydrogens is 326 g/mol. The number of ether oxygens (including phenoxy) is 1. The number of rotatable bonds is 4. The molecule has 0 saturated carbocycles. The number of aromatic nitrogens is 1. The first kappa shape index (κ1) is 16.4. The van der Waals surface area contributed by atoms with Gasteiger partial charge in [0.15, 0.2) is 0 Å². The minimum atomic E-state index is -0.156. The maximum Gasteiger partial charge on any atom is 0.315 e. The van der Waals surface area contributed by atoms with Crippen LogP contribution in [-0.2, 0) is 13.0 Å². The van der Waals surface area contributed by atoms with E-state index in [4.69, 9.17) is 4.74 Å². The van der Waals surface area contributed by atoms with Crippen LogP contribution < -0.4 is 15.4 Å². The smallest absolute Gasteiger partial charge is 0.315 e. The highest BCUT2D eigenvalue weighted by molar-refractivity contribution is 5.79. The summed E-state index contributed by atoms with van der Waals surface area (Å²) in [5, 5.41) is 7.10. The van der Waals surface area contributed by atoms with Crippen LogP contribution in [0.15, 0.2) is 54.7 Å². The first-order valence-electron chi connectivity index (χ1n) is 8.78. The van der Waals surface area contributed by atoms with E-state index in [0.29, 0.717) is 6.54 Å². The van der Waals surface area contributed by atoms with E-state index in [1.54, 1.807) is 13.3 Å². The van der Waals surface area contributed by atoms with Gasteiger partial charge in [-0.2, -0.15) is 0 Å². The number of hydrogen-bond acceptors (Lipinski definition) is 3. The minimum absolute atomic E-state index is 0.0286. The van der Waals surface area contributed by atoms with Crippen molar-refractivity contribution in [1.82, 2.24) is 15.6 Å². The Balaban J connectivity index is 1.39. The normalized spacial score (nSPS) is 15.5. The molecule has 0 spiro atoms. The number of hydrogen-bond donors (Lipinski definition) is 2. The van der Waals surface area contributed by atoms with Crippen LogP contribution in [0.25, 0.3) is 10.9 Å². The first-order valence-corrected chi connectivity index (χ1v) is 8.78. The number of nitrogens with zero attached hydrogens (tertiary/aromatic N) is 1. The number of fused-ring (bicyclic) bond motifs is 2. The van der Waals surface area contributed by atoms with Crippen LogP contribution in [0.4, 0.5) is 4.79 Å². The zero-order valence-electron chi connectivity index (χ0n) is 14.7. The van der Waals surface area contributed by atoms with E-state index in [2.05, 4.69) is 27.8 Å². The summed E-state index contributed by atoms with van der Waals surface area (Å²) in [4.78, 5) is 16.6. The third-order valence-electron chi connectivity index (χ3n) is 4.87. The van der Waals surface area contributed by atoms with Gasteiger partial charge < -0.3 is 15.4 Å². The summed E-state index contributed by atoms with van der Waals surface area (Å²) in [6, 6.07) is 15.8. The monoisotopic (exact) mass is 347 g/mol. The second-order valence-corrected chi connectivity index (χ2v) is 6.48. The van der Waals surface area contributed by atoms with Crippen molar-refractivity contribution in [2.75, 3.05) is 7.11 Å². The summed E-state index contributed by atoms with van der Waals surface area (Å²) in [5.41, 5.74) is 4.35. The molecule has 1 aromatic heterocycles. The zero-order chi connectivity index (χ0) is 17.9. The van der Waals surface area contributed by atoms with Crippen molar-refractivity contribution in [1.29, 1.82) is 0 Å². The molecule has 0 saturated heterocycles. The van der Waals surface area contributed by atoms with Crippen LogP contribution in [-0.4, -0.2) is 18.1 Å². The Morgan fingerprint density at radius 2 is 2.15 bits per heavy atom. The predicted octanol–water partition coefficient (Wildman–Crippen LogP) is 3.73. The number of amides is 2. The van der Waals surface area contributed by atoms with Gasteiger partial charge in [0.2, 0.25) is 0 Å². The Bertz CT molecular complexity index is 955. The second kappa shape index (κ2) is 7.04. The van der Waals surface area contributed by atoms with Gasteiger partial charge in [-0.05, 0) is 53.8 Å². The predicted molar refractivity (Wildman–Crippen MR) is 101 cm³/mol. The van der Waals surface area contributed by atoms with Crippen LogP contribution in [0.5, 0.6) is 5.75 Å². The minimum Gasteiger partial charge on any atom is -0.496 e. The summed E-state index contributed by atoms with van der Waals surface area (Å²) < 4.78 is 5.42. The number of benzene rings is 2. The lowest BCUT2D eigenvalue weighted by molar-refractivity contribution is 0.236. The number of urea groups is 1. The van der Waals surface area contributed by atoms with Crippen molar-refractivity contribution in [2.24, 2.45) is 0 Å². The molecule has 1 unspecified atom stereocenters. The Kier molecular flexibility index (Phi) is 4.44. The highest BCUT2D eigenvalue weighted by Gasteiger charge is 2.26. The summed E-state index contributed by atoms with van der Waals surface area (Å²) in [5.74, 6) is 0.900. The molecule has 0 fully saturated rings. The van der Waals surface area contributed by atoms with Gasteiger partial charge in [0.1, 0.15) is 5.75 Å². The fourth-order valence-corrected chi connectivity index (χ4v) is 3.59. The largest absolute Gasteiger partial charge is 0.496 e. The van der Waals surface area contributed by atoms with Crippen LogP contribution in [0, 0.1) is 0 Å². The second-order valence-electron chi connectivity index (χ2n) is 6.48. The molecule has 132 valence electrons. The van der Waals surface area contributed by atoms with E-state index in [1.165, 1.54) is 5.56 Å². The Labute approximate surface area is 152 Å². The lowest BCUT2D eigenvalue weighted by Crippen LogP contribution is -2.36. The Hall–Kier alpha value is -3.08. The molecule has 3 aromatic rings.